The van der Waals surface area contributed by atoms with E-state index in [2.05, 4.69) is 36.5 Å². The number of para-hydroxylation sites is 1. The van der Waals surface area contributed by atoms with Crippen molar-refractivity contribution in [2.24, 2.45) is 0 Å². The molecule has 0 atom stereocenters. The Morgan fingerprint density at radius 1 is 1.05 bits per heavy atom. The minimum Gasteiger partial charge on any atom is -0.329 e. The van der Waals surface area contributed by atoms with E-state index >= 15 is 0 Å². The fourth-order valence-electron chi connectivity index (χ4n) is 2.57. The van der Waals surface area contributed by atoms with E-state index in [0.717, 1.165) is 32.1 Å². The first kappa shape index (κ1) is 12.7. The van der Waals surface area contributed by atoms with E-state index in [1.54, 1.807) is 0 Å². The summed E-state index contributed by atoms with van der Waals surface area (Å²) in [6.45, 7) is 0. The van der Waals surface area contributed by atoms with Crippen LogP contribution in [0.2, 0.25) is 0 Å². The van der Waals surface area contributed by atoms with Crippen LogP contribution in [-0.4, -0.2) is 14.5 Å². The maximum atomic E-state index is 5.50. The van der Waals surface area contributed by atoms with E-state index in [1.165, 1.54) is 0 Å². The third-order valence-corrected chi connectivity index (χ3v) is 4.31. The van der Waals surface area contributed by atoms with Crippen LogP contribution in [0.25, 0.3) is 27.6 Å². The summed E-state index contributed by atoms with van der Waals surface area (Å²) < 4.78 is 3.77. The Morgan fingerprint density at radius 3 is 2.62 bits per heavy atom. The lowest BCUT2D eigenvalue weighted by molar-refractivity contribution is 1.07. The van der Waals surface area contributed by atoms with Crippen LogP contribution in [0.3, 0.4) is 0 Å². The van der Waals surface area contributed by atoms with Crippen molar-refractivity contribution in [1.82, 2.24) is 14.5 Å². The molecule has 0 saturated carbocycles. The second kappa shape index (κ2) is 4.79. The zero-order valence-electron chi connectivity index (χ0n) is 10.9. The molecule has 3 nitrogen and oxygen atoms in total. The Bertz CT molecular complexity index is 1020. The summed E-state index contributed by atoms with van der Waals surface area (Å²) in [6.07, 6.45) is 1.84. The predicted octanol–water partition coefficient (Wildman–Crippen LogP) is 5.00. The lowest BCUT2D eigenvalue weighted by Gasteiger charge is -2.07. The first-order valence-electron chi connectivity index (χ1n) is 6.48. The topological polar surface area (TPSA) is 33.6 Å². The standard InChI is InChI=1S/C16H10BrN3S/c17-10-5-7-11(8-6-10)20-15-12-3-1-2-4-13(12)18-9-14(15)19-16(20)21/h1-9H,(H,19,21). The second-order valence-electron chi connectivity index (χ2n) is 4.78. The van der Waals surface area contributed by atoms with Gasteiger partial charge >= 0.3 is 0 Å². The van der Waals surface area contributed by atoms with Crippen molar-refractivity contribution in [3.63, 3.8) is 0 Å². The molecule has 0 radical (unpaired) electrons. The SMILES string of the molecule is S=c1[nH]c2cnc3ccccc3c2n1-c1ccc(Br)cc1. The minimum atomic E-state index is 0.672. The molecule has 0 spiro atoms. The van der Waals surface area contributed by atoms with Crippen LogP contribution in [0, 0.1) is 4.77 Å². The number of nitrogens with one attached hydrogen (secondary N) is 1. The van der Waals surface area contributed by atoms with E-state index in [0.29, 0.717) is 4.77 Å². The summed E-state index contributed by atoms with van der Waals surface area (Å²) >= 11 is 8.96. The first-order chi connectivity index (χ1) is 10.2. The number of aromatic nitrogens is 3. The van der Waals surface area contributed by atoms with Crippen molar-refractivity contribution in [3.8, 4) is 5.69 Å². The van der Waals surface area contributed by atoms with Crippen LogP contribution in [0.4, 0.5) is 0 Å². The molecule has 0 aliphatic rings. The molecule has 4 aromatic rings. The summed E-state index contributed by atoms with van der Waals surface area (Å²) in [7, 11) is 0. The summed E-state index contributed by atoms with van der Waals surface area (Å²) in [6, 6.07) is 16.2. The highest BCUT2D eigenvalue weighted by Gasteiger charge is 2.10. The van der Waals surface area contributed by atoms with E-state index in [1.807, 2.05) is 48.7 Å². The molecule has 1 N–H and O–H groups in total. The van der Waals surface area contributed by atoms with E-state index < -0.39 is 0 Å². The predicted molar refractivity (Wildman–Crippen MR) is 91.5 cm³/mol. The Balaban J connectivity index is 2.17. The smallest absolute Gasteiger partial charge is 0.182 e. The number of fused-ring (bicyclic) bond motifs is 3. The quantitative estimate of drug-likeness (QED) is 0.487. The fourth-order valence-corrected chi connectivity index (χ4v) is 3.14. The van der Waals surface area contributed by atoms with Crippen LogP contribution >= 0.6 is 28.1 Å². The molecule has 2 heterocycles. The zero-order chi connectivity index (χ0) is 14.4. The van der Waals surface area contributed by atoms with Crippen LogP contribution in [0.15, 0.2) is 59.2 Å². The Morgan fingerprint density at radius 2 is 1.81 bits per heavy atom. The van der Waals surface area contributed by atoms with Gasteiger partial charge < -0.3 is 4.98 Å². The largest absolute Gasteiger partial charge is 0.329 e. The summed E-state index contributed by atoms with van der Waals surface area (Å²) in [5.74, 6) is 0. The molecule has 0 amide bonds. The Labute approximate surface area is 134 Å². The van der Waals surface area contributed by atoms with Crippen molar-refractivity contribution in [3.05, 3.63) is 64.0 Å². The van der Waals surface area contributed by atoms with Crippen LogP contribution < -0.4 is 0 Å². The minimum absolute atomic E-state index is 0.672. The van der Waals surface area contributed by atoms with Gasteiger partial charge in [-0.2, -0.15) is 0 Å². The Kier molecular flexibility index (Phi) is 2.90. The monoisotopic (exact) mass is 355 g/mol. The highest BCUT2D eigenvalue weighted by atomic mass is 79.9. The van der Waals surface area contributed by atoms with Crippen molar-refractivity contribution in [2.75, 3.05) is 0 Å². The highest BCUT2D eigenvalue weighted by Crippen LogP contribution is 2.26. The van der Waals surface area contributed by atoms with Gasteiger partial charge in [0.1, 0.15) is 0 Å². The van der Waals surface area contributed by atoms with Crippen molar-refractivity contribution in [1.29, 1.82) is 0 Å². The first-order valence-corrected chi connectivity index (χ1v) is 7.68. The van der Waals surface area contributed by atoms with Crippen LogP contribution in [0.1, 0.15) is 0 Å². The lowest BCUT2D eigenvalue weighted by atomic mass is 10.2. The van der Waals surface area contributed by atoms with Crippen LogP contribution in [-0.2, 0) is 0 Å². The number of nitrogens with zero attached hydrogens (tertiary/aromatic N) is 2. The molecule has 0 saturated heterocycles. The number of imidazole rings is 1. The molecule has 102 valence electrons. The fraction of sp³-hybridized carbons (Fsp3) is 0. The number of H-pyrrole nitrogens is 1. The number of rotatable bonds is 1. The summed E-state index contributed by atoms with van der Waals surface area (Å²) in [4.78, 5) is 7.71. The molecular formula is C16H10BrN3S. The molecular weight excluding hydrogens is 346 g/mol. The maximum Gasteiger partial charge on any atom is 0.182 e. The third-order valence-electron chi connectivity index (χ3n) is 3.50. The van der Waals surface area contributed by atoms with Crippen molar-refractivity contribution < 1.29 is 0 Å². The average molecular weight is 356 g/mol. The van der Waals surface area contributed by atoms with Gasteiger partial charge in [0.15, 0.2) is 4.77 Å². The molecule has 2 aromatic carbocycles. The molecule has 2 aromatic heterocycles. The summed E-state index contributed by atoms with van der Waals surface area (Å²) in [5, 5.41) is 1.09. The maximum absolute atomic E-state index is 5.50. The number of hydrogen-bond donors (Lipinski definition) is 1. The van der Waals surface area contributed by atoms with Gasteiger partial charge in [-0.25, -0.2) is 0 Å². The van der Waals surface area contributed by atoms with Gasteiger partial charge in [0.2, 0.25) is 0 Å². The molecule has 21 heavy (non-hydrogen) atoms. The second-order valence-corrected chi connectivity index (χ2v) is 6.08. The number of pyridine rings is 1. The molecule has 4 rings (SSSR count). The Hall–Kier alpha value is -1.98. The highest BCUT2D eigenvalue weighted by molar-refractivity contribution is 9.10. The van der Waals surface area contributed by atoms with Crippen LogP contribution in [0.5, 0.6) is 0 Å². The molecule has 0 aliphatic carbocycles. The summed E-state index contributed by atoms with van der Waals surface area (Å²) in [5.41, 5.74) is 4.00. The molecule has 0 aliphatic heterocycles. The molecule has 0 unspecified atom stereocenters. The van der Waals surface area contributed by atoms with E-state index in [4.69, 9.17) is 12.2 Å². The van der Waals surface area contributed by atoms with Gasteiger partial charge in [-0.3, -0.25) is 9.55 Å². The number of benzene rings is 2. The van der Waals surface area contributed by atoms with Gasteiger partial charge in [-0.1, -0.05) is 34.1 Å². The number of hydrogen-bond acceptors (Lipinski definition) is 2. The van der Waals surface area contributed by atoms with Gasteiger partial charge in [-0.15, -0.1) is 0 Å². The molecule has 5 heteroatoms. The molecule has 0 fully saturated rings. The zero-order valence-corrected chi connectivity index (χ0v) is 13.3. The normalized spacial score (nSPS) is 11.3. The van der Waals surface area contributed by atoms with Gasteiger partial charge in [0.25, 0.3) is 0 Å². The average Bonchev–Trinajstić information content (AvgIpc) is 2.85. The molecule has 0 bridgehead atoms. The number of aromatic amines is 1. The van der Waals surface area contributed by atoms with Gasteiger partial charge in [0.05, 0.1) is 22.7 Å². The van der Waals surface area contributed by atoms with Gasteiger partial charge in [0, 0.05) is 15.5 Å². The number of halogens is 1. The van der Waals surface area contributed by atoms with E-state index in [-0.39, 0.29) is 0 Å². The van der Waals surface area contributed by atoms with E-state index in [9.17, 15) is 0 Å². The van der Waals surface area contributed by atoms with Gasteiger partial charge in [-0.05, 0) is 42.5 Å². The van der Waals surface area contributed by atoms with Crippen molar-refractivity contribution in [2.45, 2.75) is 0 Å². The lowest BCUT2D eigenvalue weighted by Crippen LogP contribution is -1.94. The van der Waals surface area contributed by atoms with Crippen molar-refractivity contribution >= 4 is 50.1 Å². The third kappa shape index (κ3) is 2.01.